The van der Waals surface area contributed by atoms with E-state index in [1.54, 1.807) is 20.4 Å². The van der Waals surface area contributed by atoms with Gasteiger partial charge in [-0.15, -0.1) is 0 Å². The van der Waals surface area contributed by atoms with Gasteiger partial charge in [-0.05, 0) is 82.2 Å². The summed E-state index contributed by atoms with van der Waals surface area (Å²) >= 11 is 8.17. The first kappa shape index (κ1) is 20.5. The van der Waals surface area contributed by atoms with Crippen molar-refractivity contribution in [3.8, 4) is 17.2 Å². The first-order chi connectivity index (χ1) is 13.6. The van der Waals surface area contributed by atoms with Gasteiger partial charge in [0.25, 0.3) is 0 Å². The lowest BCUT2D eigenvalue weighted by molar-refractivity contribution is 0.282. The number of aliphatic imine (C=N–C) groups is 1. The van der Waals surface area contributed by atoms with Crippen molar-refractivity contribution in [2.75, 3.05) is 14.2 Å². The largest absolute Gasteiger partial charge is 0.497 e. The third kappa shape index (κ3) is 5.39. The van der Waals surface area contributed by atoms with E-state index in [2.05, 4.69) is 27.6 Å². The SMILES string of the molecule is COc1ccc(N=Cc2cc(I)c(OCc3ccc(Cl)cc3)c(OC)c2)cc1. The molecular weight excluding hydrogens is 489 g/mol. The van der Waals surface area contributed by atoms with Gasteiger partial charge in [0, 0.05) is 11.2 Å². The highest BCUT2D eigenvalue weighted by Crippen LogP contribution is 2.34. The molecule has 144 valence electrons. The van der Waals surface area contributed by atoms with Crippen LogP contribution in [0.3, 0.4) is 0 Å². The topological polar surface area (TPSA) is 40.0 Å². The Morgan fingerprint density at radius 2 is 1.68 bits per heavy atom. The fourth-order valence-electron chi connectivity index (χ4n) is 2.51. The maximum Gasteiger partial charge on any atom is 0.174 e. The van der Waals surface area contributed by atoms with E-state index in [1.165, 1.54) is 0 Å². The van der Waals surface area contributed by atoms with E-state index in [9.17, 15) is 0 Å². The van der Waals surface area contributed by atoms with Crippen molar-refractivity contribution in [2.45, 2.75) is 6.61 Å². The van der Waals surface area contributed by atoms with Crippen molar-refractivity contribution < 1.29 is 14.2 Å². The van der Waals surface area contributed by atoms with Crippen LogP contribution in [0.25, 0.3) is 0 Å². The molecule has 4 nitrogen and oxygen atoms in total. The quantitative estimate of drug-likeness (QED) is 0.279. The average molecular weight is 508 g/mol. The maximum atomic E-state index is 5.99. The Balaban J connectivity index is 1.76. The highest BCUT2D eigenvalue weighted by molar-refractivity contribution is 14.1. The third-order valence-electron chi connectivity index (χ3n) is 3.98. The van der Waals surface area contributed by atoms with E-state index in [-0.39, 0.29) is 0 Å². The van der Waals surface area contributed by atoms with Crippen molar-refractivity contribution >= 4 is 46.1 Å². The van der Waals surface area contributed by atoms with E-state index >= 15 is 0 Å². The van der Waals surface area contributed by atoms with Crippen LogP contribution in [0.4, 0.5) is 5.69 Å². The maximum absolute atomic E-state index is 5.99. The zero-order valence-electron chi connectivity index (χ0n) is 15.5. The zero-order valence-corrected chi connectivity index (χ0v) is 18.4. The van der Waals surface area contributed by atoms with Crippen LogP contribution in [-0.2, 0) is 6.61 Å². The van der Waals surface area contributed by atoms with Crippen LogP contribution in [0.5, 0.6) is 17.2 Å². The van der Waals surface area contributed by atoms with E-state index in [4.69, 9.17) is 25.8 Å². The number of ether oxygens (including phenoxy) is 3. The Kier molecular flexibility index (Phi) is 7.17. The highest BCUT2D eigenvalue weighted by Gasteiger charge is 2.11. The number of benzene rings is 3. The predicted octanol–water partition coefficient (Wildman–Crippen LogP) is 6.29. The van der Waals surface area contributed by atoms with Crippen molar-refractivity contribution in [3.05, 3.63) is 80.4 Å². The first-order valence-electron chi connectivity index (χ1n) is 8.52. The van der Waals surface area contributed by atoms with Crippen LogP contribution < -0.4 is 14.2 Å². The predicted molar refractivity (Wildman–Crippen MR) is 122 cm³/mol. The van der Waals surface area contributed by atoms with E-state index < -0.39 is 0 Å². The minimum atomic E-state index is 0.433. The molecule has 0 saturated carbocycles. The number of hydrogen-bond donors (Lipinski definition) is 0. The second kappa shape index (κ2) is 9.80. The molecule has 0 saturated heterocycles. The first-order valence-corrected chi connectivity index (χ1v) is 9.97. The van der Waals surface area contributed by atoms with Gasteiger partial charge in [0.1, 0.15) is 12.4 Å². The molecule has 0 amide bonds. The number of halogens is 2. The Bertz CT molecular complexity index is 957. The van der Waals surface area contributed by atoms with Gasteiger partial charge < -0.3 is 14.2 Å². The van der Waals surface area contributed by atoms with E-state index in [0.29, 0.717) is 23.1 Å². The molecule has 3 aromatic carbocycles. The summed E-state index contributed by atoms with van der Waals surface area (Å²) in [6.07, 6.45) is 1.80. The zero-order chi connectivity index (χ0) is 19.9. The summed E-state index contributed by atoms with van der Waals surface area (Å²) < 4.78 is 17.6. The molecule has 0 aromatic heterocycles. The molecule has 0 aliphatic heterocycles. The molecule has 0 spiro atoms. The van der Waals surface area contributed by atoms with Crippen LogP contribution in [-0.4, -0.2) is 20.4 Å². The van der Waals surface area contributed by atoms with Crippen LogP contribution in [0.2, 0.25) is 5.02 Å². The van der Waals surface area contributed by atoms with Crippen LogP contribution >= 0.6 is 34.2 Å². The Labute approximate surface area is 183 Å². The Morgan fingerprint density at radius 3 is 2.32 bits per heavy atom. The van der Waals surface area contributed by atoms with Gasteiger partial charge in [0.15, 0.2) is 11.5 Å². The van der Waals surface area contributed by atoms with Gasteiger partial charge in [0.05, 0.1) is 23.5 Å². The standard InChI is InChI=1S/C22H19ClINO3/c1-26-19-9-7-18(8-10-19)25-13-16-11-20(24)22(21(12-16)27-2)28-14-15-3-5-17(23)6-4-15/h3-13H,14H2,1-2H3. The van der Waals surface area contributed by atoms with Gasteiger partial charge >= 0.3 is 0 Å². The fourth-order valence-corrected chi connectivity index (χ4v) is 3.41. The van der Waals surface area contributed by atoms with Crippen LogP contribution in [0.15, 0.2) is 65.7 Å². The molecule has 6 heteroatoms. The van der Waals surface area contributed by atoms with Crippen molar-refractivity contribution in [2.24, 2.45) is 4.99 Å². The monoisotopic (exact) mass is 507 g/mol. The molecule has 0 bridgehead atoms. The average Bonchev–Trinajstić information content (AvgIpc) is 2.72. The van der Waals surface area contributed by atoms with Crippen molar-refractivity contribution in [1.29, 1.82) is 0 Å². The lowest BCUT2D eigenvalue weighted by Gasteiger charge is -2.13. The van der Waals surface area contributed by atoms with Gasteiger partial charge in [-0.25, -0.2) is 0 Å². The summed E-state index contributed by atoms with van der Waals surface area (Å²) in [5, 5.41) is 0.705. The molecular formula is C22H19ClINO3. The Morgan fingerprint density at radius 1 is 0.964 bits per heavy atom. The van der Waals surface area contributed by atoms with Crippen LogP contribution in [0, 0.1) is 3.57 Å². The summed E-state index contributed by atoms with van der Waals surface area (Å²) in [4.78, 5) is 4.51. The smallest absolute Gasteiger partial charge is 0.174 e. The molecule has 3 rings (SSSR count). The lowest BCUT2D eigenvalue weighted by Crippen LogP contribution is -2.00. The summed E-state index contributed by atoms with van der Waals surface area (Å²) in [5.74, 6) is 2.18. The van der Waals surface area contributed by atoms with Crippen molar-refractivity contribution in [1.82, 2.24) is 0 Å². The van der Waals surface area contributed by atoms with Gasteiger partial charge in [-0.1, -0.05) is 23.7 Å². The molecule has 0 unspecified atom stereocenters. The summed E-state index contributed by atoms with van der Waals surface area (Å²) in [7, 11) is 3.27. The van der Waals surface area contributed by atoms with E-state index in [1.807, 2.05) is 60.7 Å². The van der Waals surface area contributed by atoms with Crippen molar-refractivity contribution in [3.63, 3.8) is 0 Å². The third-order valence-corrected chi connectivity index (χ3v) is 5.04. The Hall–Kier alpha value is -2.25. The minimum absolute atomic E-state index is 0.433. The molecule has 0 heterocycles. The molecule has 0 fully saturated rings. The highest BCUT2D eigenvalue weighted by atomic mass is 127. The minimum Gasteiger partial charge on any atom is -0.497 e. The summed E-state index contributed by atoms with van der Waals surface area (Å²) in [6, 6.07) is 19.1. The second-order valence-corrected chi connectivity index (χ2v) is 7.50. The van der Waals surface area contributed by atoms with Gasteiger partial charge in [-0.3, -0.25) is 4.99 Å². The summed E-state index contributed by atoms with van der Waals surface area (Å²) in [5.41, 5.74) is 2.81. The number of methoxy groups -OCH3 is 2. The second-order valence-electron chi connectivity index (χ2n) is 5.91. The number of rotatable bonds is 7. The van der Waals surface area contributed by atoms with Gasteiger partial charge in [-0.2, -0.15) is 0 Å². The number of nitrogens with zero attached hydrogens (tertiary/aromatic N) is 1. The van der Waals surface area contributed by atoms with Crippen LogP contribution in [0.1, 0.15) is 11.1 Å². The number of hydrogen-bond acceptors (Lipinski definition) is 4. The molecule has 0 aliphatic rings. The molecule has 0 aliphatic carbocycles. The lowest BCUT2D eigenvalue weighted by atomic mass is 10.2. The molecule has 0 radical (unpaired) electrons. The van der Waals surface area contributed by atoms with E-state index in [0.717, 1.165) is 26.1 Å². The normalized spacial score (nSPS) is 10.9. The summed E-state index contributed by atoms with van der Waals surface area (Å²) in [6.45, 7) is 0.433. The molecule has 3 aromatic rings. The molecule has 0 atom stereocenters. The fraction of sp³-hybridized carbons (Fsp3) is 0.136. The molecule has 0 N–H and O–H groups in total. The van der Waals surface area contributed by atoms with Gasteiger partial charge in [0.2, 0.25) is 0 Å². The molecule has 28 heavy (non-hydrogen) atoms.